The number of ether oxygens (including phenoxy) is 1. The van der Waals surface area contributed by atoms with Gasteiger partial charge in [0.2, 0.25) is 0 Å². The molecule has 1 aliphatic rings. The Kier molecular flexibility index (Phi) is 7.36. The Morgan fingerprint density at radius 3 is 2.09 bits per heavy atom. The van der Waals surface area contributed by atoms with E-state index in [2.05, 4.69) is 104 Å². The number of hydrogen-bond donors (Lipinski definition) is 2. The Labute approximate surface area is 198 Å². The molecule has 1 aliphatic heterocycles. The number of aliphatic hydroxyl groups is 1. The predicted molar refractivity (Wildman–Crippen MR) is 136 cm³/mol. The standard InChI is InChI=1S/C29H36N2O2/c1-20-17-25(26(33-4)18-21(20)2)31(3)29-24(15-16-32)19-30-28(29)27(22-11-7-5-8-12-22)23-13-9-6-10-14-23/h5-14,17-18,24,27-30,32H,15-16,19H2,1-4H3/t24-,28+,29+/m1/s1. The van der Waals surface area contributed by atoms with E-state index in [9.17, 15) is 5.11 Å². The lowest BCUT2D eigenvalue weighted by atomic mass is 9.79. The second-order valence-electron chi connectivity index (χ2n) is 9.22. The van der Waals surface area contributed by atoms with Gasteiger partial charge in [0, 0.05) is 38.2 Å². The number of benzene rings is 3. The van der Waals surface area contributed by atoms with Gasteiger partial charge in [-0.2, -0.15) is 0 Å². The molecule has 0 saturated carbocycles. The van der Waals surface area contributed by atoms with Crippen LogP contribution in [-0.4, -0.2) is 44.5 Å². The van der Waals surface area contributed by atoms with Crippen molar-refractivity contribution < 1.29 is 9.84 Å². The Balaban J connectivity index is 1.80. The summed E-state index contributed by atoms with van der Waals surface area (Å²) in [7, 11) is 3.92. The van der Waals surface area contributed by atoms with Gasteiger partial charge in [0.15, 0.2) is 0 Å². The van der Waals surface area contributed by atoms with Crippen LogP contribution in [0.4, 0.5) is 5.69 Å². The van der Waals surface area contributed by atoms with E-state index in [0.717, 1.165) is 24.4 Å². The quantitative estimate of drug-likeness (QED) is 0.518. The molecule has 2 N–H and O–H groups in total. The molecule has 3 aromatic carbocycles. The number of aliphatic hydroxyl groups excluding tert-OH is 1. The number of nitrogens with one attached hydrogen (secondary N) is 1. The summed E-state index contributed by atoms with van der Waals surface area (Å²) in [6.07, 6.45) is 0.766. The van der Waals surface area contributed by atoms with E-state index < -0.39 is 0 Å². The first-order valence-electron chi connectivity index (χ1n) is 11.9. The number of likely N-dealkylation sites (N-methyl/N-ethyl adjacent to an activating group) is 1. The molecule has 1 heterocycles. The van der Waals surface area contributed by atoms with Gasteiger partial charge in [-0.15, -0.1) is 0 Å². The van der Waals surface area contributed by atoms with E-state index in [0.29, 0.717) is 5.92 Å². The van der Waals surface area contributed by atoms with Crippen molar-refractivity contribution >= 4 is 5.69 Å². The molecule has 0 spiro atoms. The van der Waals surface area contributed by atoms with Crippen LogP contribution in [0, 0.1) is 19.8 Å². The van der Waals surface area contributed by atoms with Crippen LogP contribution in [0.2, 0.25) is 0 Å². The summed E-state index contributed by atoms with van der Waals surface area (Å²) < 4.78 is 5.81. The largest absolute Gasteiger partial charge is 0.495 e. The molecule has 33 heavy (non-hydrogen) atoms. The molecule has 4 nitrogen and oxygen atoms in total. The molecule has 3 atom stereocenters. The SMILES string of the molecule is COc1cc(C)c(C)cc1N(C)[C@H]1[C@H](CCO)CN[C@H]1C(c1ccccc1)c1ccccc1. The fourth-order valence-electron chi connectivity index (χ4n) is 5.44. The fraction of sp³-hybridized carbons (Fsp3) is 0.379. The molecular formula is C29H36N2O2. The minimum atomic E-state index is 0.183. The van der Waals surface area contributed by atoms with Gasteiger partial charge in [-0.25, -0.2) is 0 Å². The van der Waals surface area contributed by atoms with E-state index in [1.807, 2.05) is 0 Å². The maximum absolute atomic E-state index is 9.87. The molecule has 3 aromatic rings. The monoisotopic (exact) mass is 444 g/mol. The number of methoxy groups -OCH3 is 1. The number of nitrogens with zero attached hydrogens (tertiary/aromatic N) is 1. The smallest absolute Gasteiger partial charge is 0.142 e. The third kappa shape index (κ3) is 4.78. The maximum Gasteiger partial charge on any atom is 0.142 e. The van der Waals surface area contributed by atoms with Gasteiger partial charge in [-0.05, 0) is 60.6 Å². The highest BCUT2D eigenvalue weighted by Crippen LogP contribution is 2.40. The van der Waals surface area contributed by atoms with Crippen molar-refractivity contribution in [2.75, 3.05) is 32.2 Å². The summed E-state index contributed by atoms with van der Waals surface area (Å²) in [5.74, 6) is 1.41. The number of anilines is 1. The molecule has 1 saturated heterocycles. The Morgan fingerprint density at radius 1 is 0.970 bits per heavy atom. The predicted octanol–water partition coefficient (Wildman–Crippen LogP) is 4.92. The lowest BCUT2D eigenvalue weighted by Crippen LogP contribution is -2.48. The highest BCUT2D eigenvalue weighted by atomic mass is 16.5. The summed E-state index contributed by atoms with van der Waals surface area (Å²) in [6, 6.07) is 26.3. The Bertz CT molecular complexity index is 999. The third-order valence-electron chi connectivity index (χ3n) is 7.27. The highest BCUT2D eigenvalue weighted by molar-refractivity contribution is 5.62. The Morgan fingerprint density at radius 2 is 1.55 bits per heavy atom. The molecule has 4 rings (SSSR count). The van der Waals surface area contributed by atoms with Gasteiger partial charge in [0.1, 0.15) is 5.75 Å². The third-order valence-corrected chi connectivity index (χ3v) is 7.27. The van der Waals surface area contributed by atoms with Crippen LogP contribution < -0.4 is 15.0 Å². The number of rotatable bonds is 8. The molecule has 0 bridgehead atoms. The first kappa shape index (κ1) is 23.3. The van der Waals surface area contributed by atoms with Crippen molar-refractivity contribution in [3.63, 3.8) is 0 Å². The second kappa shape index (κ2) is 10.4. The van der Waals surface area contributed by atoms with Crippen molar-refractivity contribution in [1.82, 2.24) is 5.32 Å². The van der Waals surface area contributed by atoms with Crippen molar-refractivity contribution in [1.29, 1.82) is 0 Å². The minimum Gasteiger partial charge on any atom is -0.495 e. The van der Waals surface area contributed by atoms with Crippen molar-refractivity contribution in [2.45, 2.75) is 38.3 Å². The summed E-state index contributed by atoms with van der Waals surface area (Å²) >= 11 is 0. The van der Waals surface area contributed by atoms with Crippen LogP contribution in [-0.2, 0) is 0 Å². The number of hydrogen-bond acceptors (Lipinski definition) is 4. The van der Waals surface area contributed by atoms with Crippen LogP contribution in [0.5, 0.6) is 5.75 Å². The van der Waals surface area contributed by atoms with Crippen LogP contribution in [0.1, 0.15) is 34.6 Å². The van der Waals surface area contributed by atoms with E-state index >= 15 is 0 Å². The van der Waals surface area contributed by atoms with E-state index in [1.54, 1.807) is 7.11 Å². The maximum atomic E-state index is 9.87. The zero-order chi connectivity index (χ0) is 23.4. The summed E-state index contributed by atoms with van der Waals surface area (Å²) in [5.41, 5.74) is 6.18. The van der Waals surface area contributed by atoms with Gasteiger partial charge in [-0.3, -0.25) is 0 Å². The summed E-state index contributed by atoms with van der Waals surface area (Å²) in [6.45, 7) is 5.34. The van der Waals surface area contributed by atoms with Crippen LogP contribution >= 0.6 is 0 Å². The molecule has 4 heteroatoms. The van der Waals surface area contributed by atoms with Crippen molar-refractivity contribution in [3.05, 3.63) is 95.1 Å². The van der Waals surface area contributed by atoms with Gasteiger partial charge >= 0.3 is 0 Å². The van der Waals surface area contributed by atoms with E-state index in [-0.39, 0.29) is 24.6 Å². The first-order valence-corrected chi connectivity index (χ1v) is 11.9. The molecular weight excluding hydrogens is 408 g/mol. The zero-order valence-electron chi connectivity index (χ0n) is 20.2. The summed E-state index contributed by atoms with van der Waals surface area (Å²) in [4.78, 5) is 2.38. The highest BCUT2D eigenvalue weighted by Gasteiger charge is 2.43. The molecule has 0 aliphatic carbocycles. The lowest BCUT2D eigenvalue weighted by molar-refractivity contribution is 0.251. The van der Waals surface area contributed by atoms with Gasteiger partial charge in [-0.1, -0.05) is 60.7 Å². The van der Waals surface area contributed by atoms with Gasteiger partial charge < -0.3 is 20.1 Å². The topological polar surface area (TPSA) is 44.7 Å². The zero-order valence-corrected chi connectivity index (χ0v) is 20.2. The van der Waals surface area contributed by atoms with Crippen molar-refractivity contribution in [2.24, 2.45) is 5.92 Å². The Hall–Kier alpha value is -2.82. The van der Waals surface area contributed by atoms with Crippen LogP contribution in [0.3, 0.4) is 0 Å². The molecule has 174 valence electrons. The average Bonchev–Trinajstić information content (AvgIpc) is 3.25. The minimum absolute atomic E-state index is 0.183. The number of aryl methyl sites for hydroxylation is 2. The van der Waals surface area contributed by atoms with Gasteiger partial charge in [0.05, 0.1) is 12.8 Å². The molecule has 0 radical (unpaired) electrons. The first-order chi connectivity index (χ1) is 16.0. The molecule has 1 fully saturated rings. The van der Waals surface area contributed by atoms with Crippen molar-refractivity contribution in [3.8, 4) is 5.75 Å². The second-order valence-corrected chi connectivity index (χ2v) is 9.22. The van der Waals surface area contributed by atoms with Crippen LogP contribution in [0.15, 0.2) is 72.8 Å². The summed E-state index contributed by atoms with van der Waals surface area (Å²) in [5, 5.41) is 13.7. The molecule has 0 unspecified atom stereocenters. The van der Waals surface area contributed by atoms with Crippen LogP contribution in [0.25, 0.3) is 0 Å². The normalized spacial score (nSPS) is 20.2. The average molecular weight is 445 g/mol. The molecule has 0 aromatic heterocycles. The van der Waals surface area contributed by atoms with E-state index in [1.165, 1.54) is 22.3 Å². The molecule has 0 amide bonds. The fourth-order valence-corrected chi connectivity index (χ4v) is 5.44. The van der Waals surface area contributed by atoms with E-state index in [4.69, 9.17) is 4.74 Å². The van der Waals surface area contributed by atoms with Gasteiger partial charge in [0.25, 0.3) is 0 Å². The lowest BCUT2D eigenvalue weighted by Gasteiger charge is -2.39.